The van der Waals surface area contributed by atoms with Gasteiger partial charge in [-0.1, -0.05) is 12.1 Å². The molecule has 0 radical (unpaired) electrons. The standard InChI is InChI=1S/C23H27N7O3S2.C4H6O6/c1-35(31,32)30-7-5-28(6-8-30)15-16-13-20-21(34-16)23(29-9-11-33-12-10-29)26-22(25-20)17-3-2-4-19-18(17)14-24-27-19;5-1(3(7)8)2(6)4(9)10/h2-4,13-14H,5-12,15H2,1H3,(H,24,27);1-2,5-6H,(H,7,8)(H,9,10). The van der Waals surface area contributed by atoms with E-state index in [1.165, 1.54) is 11.1 Å². The molecule has 18 heteroatoms. The normalized spacial score (nSPS) is 18.0. The summed E-state index contributed by atoms with van der Waals surface area (Å²) < 4.78 is 31.9. The van der Waals surface area contributed by atoms with Gasteiger partial charge in [0.15, 0.2) is 23.9 Å². The maximum Gasteiger partial charge on any atom is 0.335 e. The highest BCUT2D eigenvalue weighted by molar-refractivity contribution is 7.88. The molecular weight excluding hydrogens is 630 g/mol. The Morgan fingerprint density at radius 1 is 1.02 bits per heavy atom. The molecule has 0 aliphatic carbocycles. The van der Waals surface area contributed by atoms with Crippen LogP contribution in [0.1, 0.15) is 4.88 Å². The molecule has 2 aliphatic heterocycles. The summed E-state index contributed by atoms with van der Waals surface area (Å²) in [7, 11) is -3.13. The first-order valence-electron chi connectivity index (χ1n) is 14.0. The molecule has 16 nitrogen and oxygen atoms in total. The topological polar surface area (TPSA) is 223 Å². The van der Waals surface area contributed by atoms with Crippen LogP contribution in [0.3, 0.4) is 0 Å². The van der Waals surface area contributed by atoms with Crippen LogP contribution in [0.5, 0.6) is 0 Å². The van der Waals surface area contributed by atoms with Crippen molar-refractivity contribution in [1.82, 2.24) is 29.4 Å². The molecule has 0 spiro atoms. The van der Waals surface area contributed by atoms with E-state index in [1.54, 1.807) is 15.6 Å². The van der Waals surface area contributed by atoms with Crippen molar-refractivity contribution in [2.24, 2.45) is 0 Å². The lowest BCUT2D eigenvalue weighted by Gasteiger charge is -2.32. The van der Waals surface area contributed by atoms with E-state index in [1.807, 2.05) is 24.4 Å². The number of rotatable bonds is 8. The number of anilines is 1. The van der Waals surface area contributed by atoms with Gasteiger partial charge in [0.05, 0.1) is 41.4 Å². The highest BCUT2D eigenvalue weighted by atomic mass is 32.2. The summed E-state index contributed by atoms with van der Waals surface area (Å²) in [6.45, 7) is 6.22. The van der Waals surface area contributed by atoms with Gasteiger partial charge in [0, 0.05) is 61.6 Å². The number of ether oxygens (including phenoxy) is 1. The minimum atomic E-state index is -3.13. The van der Waals surface area contributed by atoms with Crippen molar-refractivity contribution in [2.75, 3.05) is 63.6 Å². The van der Waals surface area contributed by atoms with Gasteiger partial charge in [-0.2, -0.15) is 9.40 Å². The zero-order chi connectivity index (χ0) is 32.3. The van der Waals surface area contributed by atoms with Crippen LogP contribution in [0.25, 0.3) is 32.5 Å². The zero-order valence-corrected chi connectivity index (χ0v) is 25.9. The fourth-order valence-electron chi connectivity index (χ4n) is 5.03. The van der Waals surface area contributed by atoms with E-state index in [2.05, 4.69) is 26.1 Å². The lowest BCUT2D eigenvalue weighted by atomic mass is 10.1. The summed E-state index contributed by atoms with van der Waals surface area (Å²) in [6, 6.07) is 8.19. The second kappa shape index (κ2) is 13.7. The zero-order valence-electron chi connectivity index (χ0n) is 24.2. The third-order valence-corrected chi connectivity index (χ3v) is 9.83. The average Bonchev–Trinajstić information content (AvgIpc) is 3.67. The van der Waals surface area contributed by atoms with Crippen LogP contribution in [0.15, 0.2) is 30.5 Å². The quantitative estimate of drug-likeness (QED) is 0.168. The summed E-state index contributed by atoms with van der Waals surface area (Å²) in [6.07, 6.45) is -1.43. The molecule has 242 valence electrons. The third-order valence-electron chi connectivity index (χ3n) is 7.43. The number of aliphatic hydroxyl groups excluding tert-OH is 2. The van der Waals surface area contributed by atoms with Gasteiger partial charge < -0.3 is 30.1 Å². The number of aromatic amines is 1. The Bertz CT molecular complexity index is 1760. The molecule has 2 unspecified atom stereocenters. The van der Waals surface area contributed by atoms with Crippen LogP contribution < -0.4 is 4.90 Å². The van der Waals surface area contributed by atoms with Crippen molar-refractivity contribution >= 4 is 60.2 Å². The number of hydrogen-bond acceptors (Lipinski definition) is 13. The van der Waals surface area contributed by atoms with Crippen molar-refractivity contribution in [3.63, 3.8) is 0 Å². The molecule has 2 fully saturated rings. The van der Waals surface area contributed by atoms with E-state index in [0.29, 0.717) is 32.1 Å². The molecule has 6 rings (SSSR count). The Morgan fingerprint density at radius 3 is 2.31 bits per heavy atom. The SMILES string of the molecule is CS(=O)(=O)N1CCN(Cc2cc3nc(-c4cccc5[nH]ncc45)nc(N4CCOCC4)c3s2)CC1.O=C(O)C(O)C(O)C(=O)O. The smallest absolute Gasteiger partial charge is 0.335 e. The van der Waals surface area contributed by atoms with Crippen LogP contribution in [-0.4, -0.2) is 141 Å². The molecule has 0 amide bonds. The number of carbonyl (C=O) groups is 2. The fraction of sp³-hybridized carbons (Fsp3) is 0.444. The summed E-state index contributed by atoms with van der Waals surface area (Å²) in [4.78, 5) is 35.4. The lowest BCUT2D eigenvalue weighted by Crippen LogP contribution is -2.47. The number of thiophene rings is 1. The molecule has 5 heterocycles. The summed E-state index contributed by atoms with van der Waals surface area (Å²) in [5.41, 5.74) is 2.85. The summed E-state index contributed by atoms with van der Waals surface area (Å²) >= 11 is 1.73. The predicted octanol–water partition coefficient (Wildman–Crippen LogP) is 0.0258. The Balaban J connectivity index is 0.000000348. The molecule has 2 atom stereocenters. The van der Waals surface area contributed by atoms with Crippen molar-refractivity contribution in [1.29, 1.82) is 0 Å². The summed E-state index contributed by atoms with van der Waals surface area (Å²) in [5, 5.41) is 40.8. The molecule has 1 aromatic carbocycles. The number of fused-ring (bicyclic) bond motifs is 2. The monoisotopic (exact) mass is 663 g/mol. The van der Waals surface area contributed by atoms with Gasteiger partial charge in [-0.3, -0.25) is 10.00 Å². The van der Waals surface area contributed by atoms with Crippen LogP contribution in [-0.2, 0) is 30.9 Å². The van der Waals surface area contributed by atoms with E-state index >= 15 is 0 Å². The third kappa shape index (κ3) is 7.55. The van der Waals surface area contributed by atoms with E-state index in [-0.39, 0.29) is 0 Å². The van der Waals surface area contributed by atoms with Crippen molar-refractivity contribution < 1.29 is 43.2 Å². The minimum Gasteiger partial charge on any atom is -0.479 e. The van der Waals surface area contributed by atoms with E-state index in [4.69, 9.17) is 35.1 Å². The molecule has 45 heavy (non-hydrogen) atoms. The van der Waals surface area contributed by atoms with Gasteiger partial charge in [0.25, 0.3) is 0 Å². The Labute approximate surface area is 261 Å². The van der Waals surface area contributed by atoms with E-state index in [9.17, 15) is 18.0 Å². The lowest BCUT2D eigenvalue weighted by molar-refractivity contribution is -0.165. The fourth-order valence-corrected chi connectivity index (χ4v) is 7.01. The van der Waals surface area contributed by atoms with Crippen LogP contribution >= 0.6 is 11.3 Å². The van der Waals surface area contributed by atoms with Crippen LogP contribution in [0.2, 0.25) is 0 Å². The molecule has 3 aromatic heterocycles. The number of nitrogens with zero attached hydrogens (tertiary/aromatic N) is 6. The number of H-pyrrole nitrogens is 1. The van der Waals surface area contributed by atoms with E-state index < -0.39 is 34.2 Å². The number of carboxylic acid groups (broad SMARTS) is 2. The van der Waals surface area contributed by atoms with Crippen molar-refractivity contribution in [2.45, 2.75) is 18.8 Å². The predicted molar refractivity (Wildman–Crippen MR) is 165 cm³/mol. The first-order chi connectivity index (χ1) is 21.4. The van der Waals surface area contributed by atoms with Gasteiger partial charge in [-0.15, -0.1) is 11.3 Å². The molecule has 2 saturated heterocycles. The van der Waals surface area contributed by atoms with Crippen molar-refractivity contribution in [3.05, 3.63) is 35.3 Å². The number of aliphatic hydroxyl groups is 2. The number of nitrogens with one attached hydrogen (secondary N) is 1. The average molecular weight is 664 g/mol. The number of aliphatic carboxylic acids is 2. The molecule has 0 bridgehead atoms. The number of hydrogen-bond donors (Lipinski definition) is 5. The highest BCUT2D eigenvalue weighted by Crippen LogP contribution is 2.36. The second-order valence-electron chi connectivity index (χ2n) is 10.5. The van der Waals surface area contributed by atoms with Crippen LogP contribution in [0, 0.1) is 0 Å². The molecule has 2 aliphatic rings. The first kappa shape index (κ1) is 32.6. The second-order valence-corrected chi connectivity index (χ2v) is 13.7. The molecule has 4 aromatic rings. The Hall–Kier alpha value is -3.78. The first-order valence-corrected chi connectivity index (χ1v) is 16.6. The number of carboxylic acids is 2. The number of piperazine rings is 1. The highest BCUT2D eigenvalue weighted by Gasteiger charge is 2.29. The minimum absolute atomic E-state index is 0.529. The number of sulfonamides is 1. The van der Waals surface area contributed by atoms with Gasteiger partial charge >= 0.3 is 11.9 Å². The summed E-state index contributed by atoms with van der Waals surface area (Å²) in [5.74, 6) is -1.89. The number of benzene rings is 1. The molecule has 0 saturated carbocycles. The Morgan fingerprint density at radius 2 is 1.69 bits per heavy atom. The Kier molecular flexibility index (Phi) is 9.92. The van der Waals surface area contributed by atoms with Gasteiger partial charge in [0.1, 0.15) is 0 Å². The maximum atomic E-state index is 11.8. The largest absolute Gasteiger partial charge is 0.479 e. The molecular formula is C27H33N7O9S2. The van der Waals surface area contributed by atoms with E-state index in [0.717, 1.165) is 65.2 Å². The number of morpholine rings is 1. The van der Waals surface area contributed by atoms with Crippen LogP contribution in [0.4, 0.5) is 5.82 Å². The van der Waals surface area contributed by atoms with Crippen molar-refractivity contribution in [3.8, 4) is 11.4 Å². The van der Waals surface area contributed by atoms with Gasteiger partial charge in [-0.25, -0.2) is 28.0 Å². The maximum absolute atomic E-state index is 11.8. The van der Waals surface area contributed by atoms with Gasteiger partial charge in [-0.05, 0) is 12.1 Å². The number of aromatic nitrogens is 4. The van der Waals surface area contributed by atoms with Gasteiger partial charge in [0.2, 0.25) is 10.0 Å². The molecule has 5 N–H and O–H groups in total.